The van der Waals surface area contributed by atoms with Gasteiger partial charge in [-0.1, -0.05) is 32.0 Å². The molecule has 0 saturated carbocycles. The second-order valence-corrected chi connectivity index (χ2v) is 7.96. The summed E-state index contributed by atoms with van der Waals surface area (Å²) in [5.41, 5.74) is 3.83. The number of benzene rings is 1. The molecule has 2 heteroatoms. The third-order valence-corrected chi connectivity index (χ3v) is 6.31. The fraction of sp³-hybridized carbons (Fsp3) is 0.647. The Hall–Kier alpha value is -0.470. The van der Waals surface area contributed by atoms with Crippen LogP contribution in [0.4, 0.5) is 0 Å². The topological polar surface area (TPSA) is 20.2 Å². The smallest absolute Gasteiger partial charge is 0.0828 e. The van der Waals surface area contributed by atoms with Crippen molar-refractivity contribution >= 4 is 11.8 Å². The Morgan fingerprint density at radius 2 is 2.00 bits per heavy atom. The van der Waals surface area contributed by atoms with E-state index in [2.05, 4.69) is 32.0 Å². The van der Waals surface area contributed by atoms with Gasteiger partial charge in [0.25, 0.3) is 0 Å². The highest BCUT2D eigenvalue weighted by Crippen LogP contribution is 2.44. The number of aliphatic hydroxyl groups is 1. The summed E-state index contributed by atoms with van der Waals surface area (Å²) in [5, 5.41) is 11.1. The van der Waals surface area contributed by atoms with Gasteiger partial charge in [0, 0.05) is 12.2 Å². The summed E-state index contributed by atoms with van der Waals surface area (Å²) in [6.07, 6.45) is 5.67. The minimum Gasteiger partial charge on any atom is -0.388 e. The van der Waals surface area contributed by atoms with Crippen molar-refractivity contribution in [3.05, 3.63) is 34.9 Å². The molecule has 1 unspecified atom stereocenters. The molecule has 1 nitrogen and oxygen atoms in total. The van der Waals surface area contributed by atoms with Gasteiger partial charge >= 0.3 is 0 Å². The van der Waals surface area contributed by atoms with Gasteiger partial charge in [0.2, 0.25) is 0 Å². The second-order valence-electron chi connectivity index (χ2n) is 6.85. The number of thioether (sulfide) groups is 1. The monoisotopic (exact) mass is 276 g/mol. The molecule has 104 valence electrons. The van der Waals surface area contributed by atoms with Crippen LogP contribution in [0.25, 0.3) is 0 Å². The summed E-state index contributed by atoms with van der Waals surface area (Å²) >= 11 is 1.90. The molecule has 1 N–H and O–H groups in total. The molecule has 0 spiro atoms. The standard InChI is InChI=1S/C17H24OS/c1-16(2)8-9-19-12-17(16,18)11-13-6-7-14-4-3-5-15(14)10-13/h6-7,10,18H,3-5,8-9,11-12H2,1-2H3. The third-order valence-electron chi connectivity index (χ3n) is 5.13. The highest BCUT2D eigenvalue weighted by atomic mass is 32.2. The molecular formula is C17H24OS. The van der Waals surface area contributed by atoms with Gasteiger partial charge in [0.1, 0.15) is 0 Å². The van der Waals surface area contributed by atoms with Gasteiger partial charge in [0.05, 0.1) is 5.60 Å². The van der Waals surface area contributed by atoms with Gasteiger partial charge in [-0.3, -0.25) is 0 Å². The van der Waals surface area contributed by atoms with Gasteiger partial charge in [-0.05, 0) is 53.5 Å². The molecule has 1 aromatic carbocycles. The molecule has 1 aromatic rings. The van der Waals surface area contributed by atoms with E-state index in [0.717, 1.165) is 18.6 Å². The van der Waals surface area contributed by atoms with Crippen LogP contribution in [0.3, 0.4) is 0 Å². The van der Waals surface area contributed by atoms with Gasteiger partial charge in [-0.15, -0.1) is 0 Å². The maximum absolute atomic E-state index is 11.1. The van der Waals surface area contributed by atoms with Crippen LogP contribution in [0.2, 0.25) is 0 Å². The van der Waals surface area contributed by atoms with Crippen LogP contribution in [-0.2, 0) is 19.3 Å². The maximum atomic E-state index is 11.1. The van der Waals surface area contributed by atoms with Crippen molar-refractivity contribution in [3.63, 3.8) is 0 Å². The molecule has 0 radical (unpaired) electrons. The Morgan fingerprint density at radius 1 is 1.21 bits per heavy atom. The predicted octanol–water partition coefficient (Wildman–Crippen LogP) is 3.61. The van der Waals surface area contributed by atoms with Crippen LogP contribution in [-0.4, -0.2) is 22.2 Å². The molecule has 1 atom stereocenters. The van der Waals surface area contributed by atoms with Crippen molar-refractivity contribution in [2.75, 3.05) is 11.5 Å². The van der Waals surface area contributed by atoms with Crippen molar-refractivity contribution in [1.82, 2.24) is 0 Å². The summed E-state index contributed by atoms with van der Waals surface area (Å²) in [6, 6.07) is 6.86. The Morgan fingerprint density at radius 3 is 2.79 bits per heavy atom. The highest BCUT2D eigenvalue weighted by molar-refractivity contribution is 7.99. The van der Waals surface area contributed by atoms with E-state index in [1.807, 2.05) is 11.8 Å². The van der Waals surface area contributed by atoms with Crippen LogP contribution < -0.4 is 0 Å². The maximum Gasteiger partial charge on any atom is 0.0828 e. The Bertz CT molecular complexity index is 480. The molecule has 3 rings (SSSR count). The Balaban J connectivity index is 1.84. The molecule has 1 fully saturated rings. The highest BCUT2D eigenvalue weighted by Gasteiger charge is 2.45. The largest absolute Gasteiger partial charge is 0.388 e. The van der Waals surface area contributed by atoms with E-state index in [-0.39, 0.29) is 5.41 Å². The molecule has 1 heterocycles. The van der Waals surface area contributed by atoms with Crippen molar-refractivity contribution in [3.8, 4) is 0 Å². The van der Waals surface area contributed by atoms with E-state index < -0.39 is 5.60 Å². The van der Waals surface area contributed by atoms with Gasteiger partial charge < -0.3 is 5.11 Å². The first-order chi connectivity index (χ1) is 9.00. The van der Waals surface area contributed by atoms with E-state index in [0.29, 0.717) is 0 Å². The van der Waals surface area contributed by atoms with Crippen LogP contribution >= 0.6 is 11.8 Å². The van der Waals surface area contributed by atoms with Crippen molar-refractivity contribution in [2.24, 2.45) is 5.41 Å². The summed E-state index contributed by atoms with van der Waals surface area (Å²) in [6.45, 7) is 4.44. The van der Waals surface area contributed by atoms with E-state index in [1.165, 1.54) is 41.7 Å². The van der Waals surface area contributed by atoms with E-state index in [1.54, 1.807) is 0 Å². The quantitative estimate of drug-likeness (QED) is 0.890. The normalized spacial score (nSPS) is 29.2. The summed E-state index contributed by atoms with van der Waals surface area (Å²) in [4.78, 5) is 0. The van der Waals surface area contributed by atoms with Crippen LogP contribution in [0.5, 0.6) is 0 Å². The summed E-state index contributed by atoms with van der Waals surface area (Å²) in [7, 11) is 0. The SMILES string of the molecule is CC1(C)CCSCC1(O)Cc1ccc2c(c1)CCC2. The van der Waals surface area contributed by atoms with Crippen molar-refractivity contribution in [2.45, 2.75) is 51.6 Å². The zero-order valence-corrected chi connectivity index (χ0v) is 12.9. The van der Waals surface area contributed by atoms with E-state index in [4.69, 9.17) is 0 Å². The lowest BCUT2D eigenvalue weighted by molar-refractivity contribution is -0.0513. The zero-order valence-electron chi connectivity index (χ0n) is 12.0. The number of rotatable bonds is 2. The average molecular weight is 276 g/mol. The van der Waals surface area contributed by atoms with Crippen molar-refractivity contribution in [1.29, 1.82) is 0 Å². The van der Waals surface area contributed by atoms with Crippen LogP contribution in [0.1, 0.15) is 43.4 Å². The predicted molar refractivity (Wildman–Crippen MR) is 82.8 cm³/mol. The number of hydrogen-bond acceptors (Lipinski definition) is 2. The third kappa shape index (κ3) is 2.45. The van der Waals surface area contributed by atoms with Gasteiger partial charge in [-0.2, -0.15) is 11.8 Å². The molecule has 2 aliphatic rings. The molecule has 19 heavy (non-hydrogen) atoms. The zero-order chi connectivity index (χ0) is 13.5. The summed E-state index contributed by atoms with van der Waals surface area (Å²) < 4.78 is 0. The first-order valence-corrected chi connectivity index (χ1v) is 8.57. The molecule has 1 aliphatic carbocycles. The Kier molecular flexibility index (Phi) is 3.43. The van der Waals surface area contributed by atoms with Crippen molar-refractivity contribution < 1.29 is 5.11 Å². The lowest BCUT2D eigenvalue weighted by atomic mass is 9.70. The molecule has 0 bridgehead atoms. The minimum atomic E-state index is -0.553. The fourth-order valence-electron chi connectivity index (χ4n) is 3.36. The lowest BCUT2D eigenvalue weighted by Gasteiger charge is -2.46. The second kappa shape index (κ2) is 4.82. The molecule has 0 amide bonds. The van der Waals surface area contributed by atoms with E-state index >= 15 is 0 Å². The number of aryl methyl sites for hydroxylation is 2. The molecule has 1 aliphatic heterocycles. The van der Waals surface area contributed by atoms with Crippen LogP contribution in [0, 0.1) is 5.41 Å². The molecular weight excluding hydrogens is 252 g/mol. The van der Waals surface area contributed by atoms with Gasteiger partial charge in [-0.25, -0.2) is 0 Å². The summed E-state index contributed by atoms with van der Waals surface area (Å²) in [5.74, 6) is 2.05. The molecule has 1 saturated heterocycles. The molecule has 0 aromatic heterocycles. The lowest BCUT2D eigenvalue weighted by Crippen LogP contribution is -2.51. The average Bonchev–Trinajstić information content (AvgIpc) is 2.80. The number of hydrogen-bond donors (Lipinski definition) is 1. The van der Waals surface area contributed by atoms with Crippen LogP contribution in [0.15, 0.2) is 18.2 Å². The first-order valence-electron chi connectivity index (χ1n) is 7.41. The Labute approximate surface area is 120 Å². The first kappa shape index (κ1) is 13.5. The fourth-order valence-corrected chi connectivity index (χ4v) is 4.99. The minimum absolute atomic E-state index is 0.0251. The van der Waals surface area contributed by atoms with Gasteiger partial charge in [0.15, 0.2) is 0 Å². The number of fused-ring (bicyclic) bond motifs is 1. The van der Waals surface area contributed by atoms with E-state index in [9.17, 15) is 5.11 Å².